The molecule has 0 saturated heterocycles. The molecule has 2 rings (SSSR count). The van der Waals surface area contributed by atoms with Crippen molar-refractivity contribution in [3.05, 3.63) is 48.5 Å². The van der Waals surface area contributed by atoms with Crippen LogP contribution in [0.15, 0.2) is 48.5 Å². The number of phenols is 1. The molecule has 0 aliphatic carbocycles. The number of carbonyl (C=O) groups excluding carboxylic acids is 1. The van der Waals surface area contributed by atoms with Crippen LogP contribution in [0.1, 0.15) is 6.92 Å². The van der Waals surface area contributed by atoms with Crippen LogP contribution in [0.4, 0.5) is 10.5 Å². The molecule has 0 unspecified atom stereocenters. The highest BCUT2D eigenvalue weighted by Crippen LogP contribution is 2.17. The maximum Gasteiger partial charge on any atom is 0.321 e. The summed E-state index contributed by atoms with van der Waals surface area (Å²) in [4.78, 5) is 11.6. The smallest absolute Gasteiger partial charge is 0.321 e. The minimum absolute atomic E-state index is 0.0396. The lowest BCUT2D eigenvalue weighted by Crippen LogP contribution is -2.31. The van der Waals surface area contributed by atoms with E-state index in [1.165, 1.54) is 12.1 Å². The Kier molecular flexibility index (Phi) is 5.48. The summed E-state index contributed by atoms with van der Waals surface area (Å²) in [5.74, 6) is 1.55. The SMILES string of the molecule is CCOc1ccc(OCNC(=O)Nc2ccc(O)cc2)cc1. The number of phenolic OH excluding ortho intramolecular Hbond substituents is 1. The molecule has 3 N–H and O–H groups in total. The number of rotatable bonds is 6. The Morgan fingerprint density at radius 2 is 1.59 bits per heavy atom. The summed E-state index contributed by atoms with van der Waals surface area (Å²) in [6.45, 7) is 2.57. The zero-order valence-electron chi connectivity index (χ0n) is 12.2. The number of amides is 2. The zero-order valence-corrected chi connectivity index (χ0v) is 12.2. The molecule has 0 aliphatic rings. The molecule has 0 spiro atoms. The molecule has 0 fully saturated rings. The third-order valence-corrected chi connectivity index (χ3v) is 2.73. The van der Waals surface area contributed by atoms with Crippen LogP contribution in [0, 0.1) is 0 Å². The summed E-state index contributed by atoms with van der Waals surface area (Å²) >= 11 is 0. The summed E-state index contributed by atoms with van der Waals surface area (Å²) in [7, 11) is 0. The van der Waals surface area contributed by atoms with Gasteiger partial charge in [-0.3, -0.25) is 0 Å². The quantitative estimate of drug-likeness (QED) is 0.566. The summed E-state index contributed by atoms with van der Waals surface area (Å²) < 4.78 is 10.7. The van der Waals surface area contributed by atoms with Gasteiger partial charge in [-0.15, -0.1) is 0 Å². The van der Waals surface area contributed by atoms with Crippen LogP contribution in [0.5, 0.6) is 17.2 Å². The number of nitrogens with one attached hydrogen (secondary N) is 2. The molecule has 2 amide bonds. The Labute approximate surface area is 128 Å². The van der Waals surface area contributed by atoms with Crippen molar-refractivity contribution in [3.63, 3.8) is 0 Å². The molecule has 0 heterocycles. The maximum atomic E-state index is 11.6. The fourth-order valence-corrected chi connectivity index (χ4v) is 1.70. The molecule has 0 aliphatic heterocycles. The average molecular weight is 302 g/mol. The van der Waals surface area contributed by atoms with E-state index >= 15 is 0 Å². The lowest BCUT2D eigenvalue weighted by molar-refractivity contribution is 0.234. The zero-order chi connectivity index (χ0) is 15.8. The molecule has 0 radical (unpaired) electrons. The van der Waals surface area contributed by atoms with E-state index < -0.39 is 6.03 Å². The Hall–Kier alpha value is -2.89. The average Bonchev–Trinajstić information content (AvgIpc) is 2.52. The van der Waals surface area contributed by atoms with Gasteiger partial charge in [0.1, 0.15) is 17.2 Å². The number of hydrogen-bond acceptors (Lipinski definition) is 4. The minimum atomic E-state index is -0.392. The monoisotopic (exact) mass is 302 g/mol. The van der Waals surface area contributed by atoms with Gasteiger partial charge in [0.05, 0.1) is 6.61 Å². The van der Waals surface area contributed by atoms with E-state index in [-0.39, 0.29) is 12.5 Å². The van der Waals surface area contributed by atoms with Gasteiger partial charge in [0.25, 0.3) is 0 Å². The first-order valence-corrected chi connectivity index (χ1v) is 6.87. The number of anilines is 1. The maximum absolute atomic E-state index is 11.6. The molecule has 0 saturated carbocycles. The number of aromatic hydroxyl groups is 1. The summed E-state index contributed by atoms with van der Waals surface area (Å²) in [5.41, 5.74) is 0.580. The van der Waals surface area contributed by atoms with E-state index in [2.05, 4.69) is 10.6 Å². The first kappa shape index (κ1) is 15.5. The first-order chi connectivity index (χ1) is 10.7. The van der Waals surface area contributed by atoms with Crippen molar-refractivity contribution in [3.8, 4) is 17.2 Å². The van der Waals surface area contributed by atoms with Crippen molar-refractivity contribution in [2.75, 3.05) is 18.7 Å². The van der Waals surface area contributed by atoms with Crippen LogP contribution in [0.25, 0.3) is 0 Å². The fraction of sp³-hybridized carbons (Fsp3) is 0.188. The number of urea groups is 1. The highest BCUT2D eigenvalue weighted by molar-refractivity contribution is 5.89. The largest absolute Gasteiger partial charge is 0.508 e. The van der Waals surface area contributed by atoms with Crippen LogP contribution in [-0.4, -0.2) is 24.5 Å². The standard InChI is InChI=1S/C16H18N2O4/c1-2-21-14-7-9-15(10-8-14)22-11-17-16(20)18-12-3-5-13(19)6-4-12/h3-10,19H,2,11H2,1H3,(H2,17,18,20). The van der Waals surface area contributed by atoms with Crippen LogP contribution < -0.4 is 20.1 Å². The van der Waals surface area contributed by atoms with Gasteiger partial charge in [-0.2, -0.15) is 0 Å². The van der Waals surface area contributed by atoms with Crippen molar-refractivity contribution >= 4 is 11.7 Å². The molecule has 0 aromatic heterocycles. The van der Waals surface area contributed by atoms with Gasteiger partial charge in [-0.25, -0.2) is 4.79 Å². The van der Waals surface area contributed by atoms with Gasteiger partial charge in [0.15, 0.2) is 6.73 Å². The van der Waals surface area contributed by atoms with Crippen molar-refractivity contribution < 1.29 is 19.4 Å². The predicted octanol–water partition coefficient (Wildman–Crippen LogP) is 2.95. The third kappa shape index (κ3) is 4.90. The second kappa shape index (κ2) is 7.78. The molecule has 0 bridgehead atoms. The van der Waals surface area contributed by atoms with Gasteiger partial charge >= 0.3 is 6.03 Å². The second-order valence-corrected chi connectivity index (χ2v) is 4.37. The normalized spacial score (nSPS) is 9.86. The molecule has 116 valence electrons. The third-order valence-electron chi connectivity index (χ3n) is 2.73. The molecule has 22 heavy (non-hydrogen) atoms. The fourth-order valence-electron chi connectivity index (χ4n) is 1.70. The molecular formula is C16H18N2O4. The van der Waals surface area contributed by atoms with Crippen LogP contribution in [-0.2, 0) is 0 Å². The number of hydrogen-bond donors (Lipinski definition) is 3. The number of benzene rings is 2. The van der Waals surface area contributed by atoms with Crippen molar-refractivity contribution in [1.82, 2.24) is 5.32 Å². The Bertz CT molecular complexity index is 597. The first-order valence-electron chi connectivity index (χ1n) is 6.87. The summed E-state index contributed by atoms with van der Waals surface area (Å²) in [5, 5.41) is 14.3. The molecule has 2 aromatic carbocycles. The highest BCUT2D eigenvalue weighted by atomic mass is 16.5. The lowest BCUT2D eigenvalue weighted by atomic mass is 10.3. The Morgan fingerprint density at radius 1 is 1.00 bits per heavy atom. The lowest BCUT2D eigenvalue weighted by Gasteiger charge is -2.10. The number of ether oxygens (including phenoxy) is 2. The Balaban J connectivity index is 1.73. The molecule has 2 aromatic rings. The predicted molar refractivity (Wildman–Crippen MR) is 83.4 cm³/mol. The van der Waals surface area contributed by atoms with E-state index in [1.807, 2.05) is 6.92 Å². The van der Waals surface area contributed by atoms with E-state index in [1.54, 1.807) is 36.4 Å². The minimum Gasteiger partial charge on any atom is -0.508 e. The highest BCUT2D eigenvalue weighted by Gasteiger charge is 2.02. The molecular weight excluding hydrogens is 284 g/mol. The van der Waals surface area contributed by atoms with Gasteiger partial charge < -0.3 is 25.2 Å². The van der Waals surface area contributed by atoms with Gasteiger partial charge in [0, 0.05) is 5.69 Å². The van der Waals surface area contributed by atoms with Crippen LogP contribution in [0.3, 0.4) is 0 Å². The van der Waals surface area contributed by atoms with Gasteiger partial charge in [-0.05, 0) is 55.5 Å². The van der Waals surface area contributed by atoms with E-state index in [0.29, 0.717) is 18.0 Å². The van der Waals surface area contributed by atoms with E-state index in [4.69, 9.17) is 14.6 Å². The van der Waals surface area contributed by atoms with Crippen LogP contribution in [0.2, 0.25) is 0 Å². The Morgan fingerprint density at radius 3 is 2.18 bits per heavy atom. The van der Waals surface area contributed by atoms with Crippen molar-refractivity contribution in [2.45, 2.75) is 6.92 Å². The molecule has 6 heteroatoms. The topological polar surface area (TPSA) is 79.8 Å². The second-order valence-electron chi connectivity index (χ2n) is 4.37. The molecule has 0 atom stereocenters. The van der Waals surface area contributed by atoms with E-state index in [0.717, 1.165) is 5.75 Å². The van der Waals surface area contributed by atoms with Crippen molar-refractivity contribution in [1.29, 1.82) is 0 Å². The van der Waals surface area contributed by atoms with Gasteiger partial charge in [0.2, 0.25) is 0 Å². The van der Waals surface area contributed by atoms with E-state index in [9.17, 15) is 4.79 Å². The summed E-state index contributed by atoms with van der Waals surface area (Å²) in [6.07, 6.45) is 0. The van der Waals surface area contributed by atoms with Crippen LogP contribution >= 0.6 is 0 Å². The van der Waals surface area contributed by atoms with Crippen molar-refractivity contribution in [2.24, 2.45) is 0 Å². The van der Waals surface area contributed by atoms with Gasteiger partial charge in [-0.1, -0.05) is 0 Å². The summed E-state index contributed by atoms with van der Waals surface area (Å²) in [6, 6.07) is 12.9. The molecule has 6 nitrogen and oxygen atoms in total. The number of carbonyl (C=O) groups is 1.